The molecule has 28 heavy (non-hydrogen) atoms. The molecule has 1 N–H and O–H groups in total. The highest BCUT2D eigenvalue weighted by Gasteiger charge is 2.31. The first-order chi connectivity index (χ1) is 13.4. The Hall–Kier alpha value is -1.48. The van der Waals surface area contributed by atoms with Gasteiger partial charge in [0.25, 0.3) is 0 Å². The van der Waals surface area contributed by atoms with Crippen molar-refractivity contribution in [1.29, 1.82) is 0 Å². The molecule has 2 aliphatic rings. The molecule has 1 aromatic heterocycles. The number of sulfonamides is 1. The van der Waals surface area contributed by atoms with Crippen LogP contribution in [0.5, 0.6) is 0 Å². The smallest absolute Gasteiger partial charge is 0.243 e. The van der Waals surface area contributed by atoms with Crippen molar-refractivity contribution in [3.8, 4) is 0 Å². The summed E-state index contributed by atoms with van der Waals surface area (Å²) in [5.41, 5.74) is 0.880. The van der Waals surface area contributed by atoms with E-state index in [1.165, 1.54) is 4.31 Å². The van der Waals surface area contributed by atoms with E-state index in [1.54, 1.807) is 35.6 Å². The van der Waals surface area contributed by atoms with Gasteiger partial charge in [0.15, 0.2) is 0 Å². The maximum absolute atomic E-state index is 12.8. The summed E-state index contributed by atoms with van der Waals surface area (Å²) in [4.78, 5) is 16.7. The van der Waals surface area contributed by atoms with E-state index in [2.05, 4.69) is 10.3 Å². The van der Waals surface area contributed by atoms with Crippen molar-refractivity contribution in [3.05, 3.63) is 45.4 Å². The molecule has 150 valence electrons. The Morgan fingerprint density at radius 2 is 1.86 bits per heavy atom. The molecule has 0 bridgehead atoms. The summed E-state index contributed by atoms with van der Waals surface area (Å²) in [6.45, 7) is 1.42. The molecular formula is C19H22ClN3O3S2. The molecule has 0 atom stereocenters. The fourth-order valence-electron chi connectivity index (χ4n) is 3.36. The van der Waals surface area contributed by atoms with Gasteiger partial charge in [-0.3, -0.25) is 4.79 Å². The molecule has 4 rings (SSSR count). The average Bonchev–Trinajstić information content (AvgIpc) is 3.45. The summed E-state index contributed by atoms with van der Waals surface area (Å²) in [5, 5.41) is 6.47. The fraction of sp³-hybridized carbons (Fsp3) is 0.474. The number of carbonyl (C=O) groups is 1. The molecule has 0 unspecified atom stereocenters. The van der Waals surface area contributed by atoms with Crippen LogP contribution in [0.4, 0.5) is 0 Å². The third-order valence-electron chi connectivity index (χ3n) is 5.22. The number of benzene rings is 1. The van der Waals surface area contributed by atoms with Crippen LogP contribution in [0.3, 0.4) is 0 Å². The van der Waals surface area contributed by atoms with E-state index in [0.29, 0.717) is 24.7 Å². The number of hydrogen-bond donors (Lipinski definition) is 1. The standard InChI is InChI=1S/C19H22ClN3O3S2/c20-15-3-5-17(6-4-15)28(25,26)23-9-7-14(8-10-23)19-22-16(12-27-19)11-21-18(24)13-1-2-13/h3-6,12-14H,1-2,7-11H2,(H,21,24). The first-order valence-electron chi connectivity index (χ1n) is 9.41. The molecule has 1 aliphatic heterocycles. The lowest BCUT2D eigenvalue weighted by molar-refractivity contribution is -0.122. The second-order valence-electron chi connectivity index (χ2n) is 7.30. The van der Waals surface area contributed by atoms with Gasteiger partial charge in [0.05, 0.1) is 22.1 Å². The minimum atomic E-state index is -3.49. The van der Waals surface area contributed by atoms with Crippen LogP contribution in [-0.4, -0.2) is 36.7 Å². The van der Waals surface area contributed by atoms with Gasteiger partial charge < -0.3 is 5.32 Å². The van der Waals surface area contributed by atoms with Crippen LogP contribution < -0.4 is 5.32 Å². The highest BCUT2D eigenvalue weighted by molar-refractivity contribution is 7.89. The van der Waals surface area contributed by atoms with Gasteiger partial charge in [0.1, 0.15) is 0 Å². The maximum Gasteiger partial charge on any atom is 0.243 e. The van der Waals surface area contributed by atoms with E-state index in [0.717, 1.165) is 36.4 Å². The van der Waals surface area contributed by atoms with Gasteiger partial charge in [-0.2, -0.15) is 4.31 Å². The number of hydrogen-bond acceptors (Lipinski definition) is 5. The van der Waals surface area contributed by atoms with Gasteiger partial charge in [-0.25, -0.2) is 13.4 Å². The van der Waals surface area contributed by atoms with E-state index in [1.807, 2.05) is 5.38 Å². The van der Waals surface area contributed by atoms with Crippen LogP contribution in [0.2, 0.25) is 5.02 Å². The number of halogens is 1. The summed E-state index contributed by atoms with van der Waals surface area (Å²) in [5.74, 6) is 0.579. The SMILES string of the molecule is O=C(NCc1csc(C2CCN(S(=O)(=O)c3ccc(Cl)cc3)CC2)n1)C1CC1. The first-order valence-corrected chi connectivity index (χ1v) is 12.1. The molecule has 1 aliphatic carbocycles. The number of thiazole rings is 1. The highest BCUT2D eigenvalue weighted by atomic mass is 35.5. The second-order valence-corrected chi connectivity index (χ2v) is 10.6. The van der Waals surface area contributed by atoms with Crippen LogP contribution in [0.25, 0.3) is 0 Å². The number of nitrogens with one attached hydrogen (secondary N) is 1. The van der Waals surface area contributed by atoms with Gasteiger partial charge in [-0.15, -0.1) is 11.3 Å². The Balaban J connectivity index is 1.33. The largest absolute Gasteiger partial charge is 0.350 e. The zero-order valence-electron chi connectivity index (χ0n) is 15.3. The van der Waals surface area contributed by atoms with Crippen LogP contribution >= 0.6 is 22.9 Å². The molecule has 1 aromatic carbocycles. The number of nitrogens with zero attached hydrogens (tertiary/aromatic N) is 2. The van der Waals surface area contributed by atoms with Gasteiger partial charge >= 0.3 is 0 Å². The fourth-order valence-corrected chi connectivity index (χ4v) is 5.94. The predicted molar refractivity (Wildman–Crippen MR) is 109 cm³/mol. The Morgan fingerprint density at radius 3 is 2.50 bits per heavy atom. The summed E-state index contributed by atoms with van der Waals surface area (Å²) < 4.78 is 27.1. The topological polar surface area (TPSA) is 79.4 Å². The Kier molecular flexibility index (Phi) is 5.73. The molecule has 1 saturated carbocycles. The van der Waals surface area contributed by atoms with E-state index < -0.39 is 10.0 Å². The normalized spacial score (nSPS) is 18.9. The van der Waals surface area contributed by atoms with Crippen LogP contribution in [0, 0.1) is 5.92 Å². The van der Waals surface area contributed by atoms with Gasteiger partial charge in [-0.1, -0.05) is 11.6 Å². The third kappa shape index (κ3) is 4.40. The van der Waals surface area contributed by atoms with Gasteiger partial charge in [-0.05, 0) is 49.9 Å². The van der Waals surface area contributed by atoms with E-state index in [4.69, 9.17) is 11.6 Å². The number of aromatic nitrogens is 1. The molecule has 0 spiro atoms. The van der Waals surface area contributed by atoms with Crippen molar-refractivity contribution in [1.82, 2.24) is 14.6 Å². The molecule has 2 fully saturated rings. The molecular weight excluding hydrogens is 418 g/mol. The number of rotatable bonds is 6. The Morgan fingerprint density at radius 1 is 1.18 bits per heavy atom. The molecule has 1 saturated heterocycles. The van der Waals surface area contributed by atoms with Crippen LogP contribution in [0.1, 0.15) is 42.3 Å². The number of carbonyl (C=O) groups excluding carboxylic acids is 1. The van der Waals surface area contributed by atoms with E-state index in [-0.39, 0.29) is 22.6 Å². The lowest BCUT2D eigenvalue weighted by Crippen LogP contribution is -2.37. The Labute approximate surface area is 174 Å². The average molecular weight is 440 g/mol. The van der Waals surface area contributed by atoms with E-state index in [9.17, 15) is 13.2 Å². The van der Waals surface area contributed by atoms with Crippen molar-refractivity contribution in [3.63, 3.8) is 0 Å². The molecule has 0 radical (unpaired) electrons. The summed E-state index contributed by atoms with van der Waals surface area (Å²) in [7, 11) is -3.49. The van der Waals surface area contributed by atoms with Crippen LogP contribution in [-0.2, 0) is 21.4 Å². The Bertz CT molecular complexity index is 947. The lowest BCUT2D eigenvalue weighted by Gasteiger charge is -2.30. The summed E-state index contributed by atoms with van der Waals surface area (Å²) in [6.07, 6.45) is 3.47. The zero-order valence-corrected chi connectivity index (χ0v) is 17.7. The molecule has 6 nitrogen and oxygen atoms in total. The van der Waals surface area contributed by atoms with Crippen molar-refractivity contribution in [2.75, 3.05) is 13.1 Å². The minimum Gasteiger partial charge on any atom is -0.350 e. The molecule has 2 heterocycles. The molecule has 2 aromatic rings. The highest BCUT2D eigenvalue weighted by Crippen LogP contribution is 2.33. The molecule has 9 heteroatoms. The van der Waals surface area contributed by atoms with E-state index >= 15 is 0 Å². The zero-order chi connectivity index (χ0) is 19.7. The van der Waals surface area contributed by atoms with Crippen molar-refractivity contribution >= 4 is 38.9 Å². The van der Waals surface area contributed by atoms with Crippen molar-refractivity contribution in [2.45, 2.75) is 43.0 Å². The third-order valence-corrected chi connectivity index (χ3v) is 8.44. The van der Waals surface area contributed by atoms with Crippen LogP contribution in [0.15, 0.2) is 34.5 Å². The summed E-state index contributed by atoms with van der Waals surface area (Å²) in [6, 6.07) is 6.29. The van der Waals surface area contributed by atoms with Crippen molar-refractivity contribution < 1.29 is 13.2 Å². The summed E-state index contributed by atoms with van der Waals surface area (Å²) >= 11 is 7.45. The van der Waals surface area contributed by atoms with Gasteiger partial charge in [0, 0.05) is 35.3 Å². The number of piperidine rings is 1. The number of amides is 1. The van der Waals surface area contributed by atoms with Crippen molar-refractivity contribution in [2.24, 2.45) is 5.92 Å². The molecule has 1 amide bonds. The predicted octanol–water partition coefficient (Wildman–Crippen LogP) is 3.39. The quantitative estimate of drug-likeness (QED) is 0.748. The monoisotopic (exact) mass is 439 g/mol. The lowest BCUT2D eigenvalue weighted by atomic mass is 9.99. The maximum atomic E-state index is 12.8. The second kappa shape index (κ2) is 8.10. The van der Waals surface area contributed by atoms with Gasteiger partial charge in [0.2, 0.25) is 15.9 Å². The minimum absolute atomic E-state index is 0.121. The first kappa shape index (κ1) is 19.8.